The summed E-state index contributed by atoms with van der Waals surface area (Å²) in [4.78, 5) is 13.7. The predicted octanol–water partition coefficient (Wildman–Crippen LogP) is 3.39. The summed E-state index contributed by atoms with van der Waals surface area (Å²) < 4.78 is 6.23. The van der Waals surface area contributed by atoms with E-state index >= 15 is 0 Å². The Hall–Kier alpha value is -1.44. The number of ether oxygens (including phenoxy) is 1. The zero-order chi connectivity index (χ0) is 15.4. The van der Waals surface area contributed by atoms with Gasteiger partial charge in [-0.15, -0.1) is 0 Å². The number of nitrogens with one attached hydrogen (secondary N) is 1. The van der Waals surface area contributed by atoms with Gasteiger partial charge in [-0.3, -0.25) is 0 Å². The van der Waals surface area contributed by atoms with E-state index in [1.807, 2.05) is 25.2 Å². The van der Waals surface area contributed by atoms with Gasteiger partial charge in [0, 0.05) is 13.1 Å². The highest BCUT2D eigenvalue weighted by Crippen LogP contribution is 2.25. The SMILES string of the molecule is CNc1nc(-c2cccc(OC)n2)nc(CC(C)C)c1I. The molecule has 0 fully saturated rings. The lowest BCUT2D eigenvalue weighted by molar-refractivity contribution is 0.398. The molecule has 2 aromatic rings. The van der Waals surface area contributed by atoms with Crippen LogP contribution in [0.1, 0.15) is 19.5 Å². The first-order chi connectivity index (χ1) is 10.0. The van der Waals surface area contributed by atoms with E-state index in [4.69, 9.17) is 9.72 Å². The predicted molar refractivity (Wildman–Crippen MR) is 92.6 cm³/mol. The second kappa shape index (κ2) is 7.02. The van der Waals surface area contributed by atoms with Crippen molar-refractivity contribution in [2.45, 2.75) is 20.3 Å². The molecule has 0 spiro atoms. The molecule has 0 unspecified atom stereocenters. The fraction of sp³-hybridized carbons (Fsp3) is 0.400. The third-order valence-electron chi connectivity index (χ3n) is 2.92. The first-order valence-electron chi connectivity index (χ1n) is 6.80. The molecule has 2 heterocycles. The van der Waals surface area contributed by atoms with Crippen molar-refractivity contribution in [2.24, 2.45) is 5.92 Å². The van der Waals surface area contributed by atoms with Gasteiger partial charge in [0.15, 0.2) is 5.82 Å². The second-order valence-corrected chi connectivity index (χ2v) is 6.15. The molecule has 0 amide bonds. The van der Waals surface area contributed by atoms with Crippen LogP contribution in [0.15, 0.2) is 18.2 Å². The number of methoxy groups -OCH3 is 1. The molecule has 5 nitrogen and oxygen atoms in total. The van der Waals surface area contributed by atoms with Crippen LogP contribution in [-0.2, 0) is 6.42 Å². The third kappa shape index (κ3) is 3.81. The zero-order valence-electron chi connectivity index (χ0n) is 12.6. The Balaban J connectivity index is 2.52. The van der Waals surface area contributed by atoms with Crippen molar-refractivity contribution in [1.29, 1.82) is 0 Å². The smallest absolute Gasteiger partial charge is 0.213 e. The maximum absolute atomic E-state index is 5.17. The van der Waals surface area contributed by atoms with Crippen molar-refractivity contribution in [1.82, 2.24) is 15.0 Å². The van der Waals surface area contributed by atoms with Gasteiger partial charge in [-0.2, -0.15) is 0 Å². The standard InChI is InChI=1S/C15H19IN4O/c1-9(2)8-11-13(16)15(17-3)20-14(19-11)10-6-5-7-12(18-10)21-4/h5-7,9H,8H2,1-4H3,(H,17,19,20). The molecular weight excluding hydrogens is 379 g/mol. The lowest BCUT2D eigenvalue weighted by Crippen LogP contribution is -2.08. The molecule has 2 rings (SSSR count). The highest BCUT2D eigenvalue weighted by atomic mass is 127. The summed E-state index contributed by atoms with van der Waals surface area (Å²) >= 11 is 2.29. The zero-order valence-corrected chi connectivity index (χ0v) is 14.8. The number of anilines is 1. The van der Waals surface area contributed by atoms with Gasteiger partial charge >= 0.3 is 0 Å². The number of hydrogen-bond acceptors (Lipinski definition) is 5. The molecule has 0 aliphatic rings. The molecule has 0 saturated heterocycles. The van der Waals surface area contributed by atoms with Gasteiger partial charge in [-0.05, 0) is 41.0 Å². The van der Waals surface area contributed by atoms with Gasteiger partial charge in [0.2, 0.25) is 5.88 Å². The Morgan fingerprint density at radius 1 is 1.24 bits per heavy atom. The Kier molecular flexibility index (Phi) is 5.33. The number of halogens is 1. The Bertz CT molecular complexity index is 631. The van der Waals surface area contributed by atoms with E-state index in [0.29, 0.717) is 23.3 Å². The second-order valence-electron chi connectivity index (χ2n) is 5.07. The molecule has 0 aromatic carbocycles. The Morgan fingerprint density at radius 2 is 2.00 bits per heavy atom. The monoisotopic (exact) mass is 398 g/mol. The van der Waals surface area contributed by atoms with Crippen LogP contribution in [0.3, 0.4) is 0 Å². The topological polar surface area (TPSA) is 59.9 Å². The van der Waals surface area contributed by atoms with Gasteiger partial charge in [0.25, 0.3) is 0 Å². The molecule has 21 heavy (non-hydrogen) atoms. The van der Waals surface area contributed by atoms with Crippen molar-refractivity contribution in [3.8, 4) is 17.4 Å². The molecule has 6 heteroatoms. The van der Waals surface area contributed by atoms with Gasteiger partial charge in [0.1, 0.15) is 11.5 Å². The van der Waals surface area contributed by atoms with Crippen LogP contribution in [0.2, 0.25) is 0 Å². The minimum Gasteiger partial charge on any atom is -0.481 e. The summed E-state index contributed by atoms with van der Waals surface area (Å²) in [5.74, 6) is 2.55. The molecule has 0 bridgehead atoms. The molecule has 0 atom stereocenters. The molecule has 1 N–H and O–H groups in total. The number of nitrogens with zero attached hydrogens (tertiary/aromatic N) is 3. The first kappa shape index (κ1) is 15.9. The maximum Gasteiger partial charge on any atom is 0.213 e. The molecule has 112 valence electrons. The average Bonchev–Trinajstić information content (AvgIpc) is 2.49. The van der Waals surface area contributed by atoms with Gasteiger partial charge in [-0.1, -0.05) is 19.9 Å². The lowest BCUT2D eigenvalue weighted by atomic mass is 10.1. The van der Waals surface area contributed by atoms with Crippen molar-refractivity contribution in [3.05, 3.63) is 27.5 Å². The largest absolute Gasteiger partial charge is 0.481 e. The molecule has 0 aliphatic heterocycles. The number of hydrogen-bond donors (Lipinski definition) is 1. The minimum absolute atomic E-state index is 0.532. The van der Waals surface area contributed by atoms with Crippen LogP contribution in [0, 0.1) is 9.49 Å². The quantitative estimate of drug-likeness (QED) is 0.783. The highest BCUT2D eigenvalue weighted by molar-refractivity contribution is 14.1. The fourth-order valence-electron chi connectivity index (χ4n) is 1.95. The lowest BCUT2D eigenvalue weighted by Gasteiger charge is -2.12. The molecule has 0 aliphatic carbocycles. The van der Waals surface area contributed by atoms with Crippen molar-refractivity contribution in [2.75, 3.05) is 19.5 Å². The first-order valence-corrected chi connectivity index (χ1v) is 7.88. The Morgan fingerprint density at radius 3 is 2.62 bits per heavy atom. The summed E-state index contributed by atoms with van der Waals surface area (Å²) in [6, 6.07) is 5.59. The molecule has 0 radical (unpaired) electrons. The van der Waals surface area contributed by atoms with Crippen LogP contribution in [0.4, 0.5) is 5.82 Å². The van der Waals surface area contributed by atoms with Gasteiger partial charge in [0.05, 0.1) is 16.4 Å². The van der Waals surface area contributed by atoms with Crippen LogP contribution in [0.5, 0.6) is 5.88 Å². The normalized spacial score (nSPS) is 10.8. The molecule has 2 aromatic heterocycles. The summed E-state index contributed by atoms with van der Waals surface area (Å²) in [6.07, 6.45) is 0.909. The number of pyridine rings is 1. The minimum atomic E-state index is 0.532. The van der Waals surface area contributed by atoms with Crippen LogP contribution in [0.25, 0.3) is 11.5 Å². The van der Waals surface area contributed by atoms with Gasteiger partial charge < -0.3 is 10.1 Å². The van der Waals surface area contributed by atoms with Crippen LogP contribution in [-0.4, -0.2) is 29.1 Å². The summed E-state index contributed by atoms with van der Waals surface area (Å²) in [6.45, 7) is 4.36. The summed E-state index contributed by atoms with van der Waals surface area (Å²) in [7, 11) is 3.47. The van der Waals surface area contributed by atoms with E-state index in [1.165, 1.54) is 0 Å². The third-order valence-corrected chi connectivity index (χ3v) is 4.05. The summed E-state index contributed by atoms with van der Waals surface area (Å²) in [5.41, 5.74) is 1.76. The number of aromatic nitrogens is 3. The van der Waals surface area contributed by atoms with E-state index in [9.17, 15) is 0 Å². The van der Waals surface area contributed by atoms with Crippen molar-refractivity contribution < 1.29 is 4.74 Å². The van der Waals surface area contributed by atoms with E-state index in [2.05, 4.69) is 51.7 Å². The van der Waals surface area contributed by atoms with Crippen LogP contribution < -0.4 is 10.1 Å². The summed E-state index contributed by atoms with van der Waals surface area (Å²) in [5, 5.41) is 3.13. The highest BCUT2D eigenvalue weighted by Gasteiger charge is 2.14. The van der Waals surface area contributed by atoms with E-state index in [0.717, 1.165) is 21.5 Å². The fourth-order valence-corrected chi connectivity index (χ4v) is 2.68. The van der Waals surface area contributed by atoms with E-state index in [1.54, 1.807) is 7.11 Å². The van der Waals surface area contributed by atoms with Crippen molar-refractivity contribution >= 4 is 28.4 Å². The van der Waals surface area contributed by atoms with E-state index in [-0.39, 0.29) is 0 Å². The van der Waals surface area contributed by atoms with Crippen molar-refractivity contribution in [3.63, 3.8) is 0 Å². The number of rotatable bonds is 5. The molecular formula is C15H19IN4O. The average molecular weight is 398 g/mol. The molecule has 0 saturated carbocycles. The Labute approximate surface area is 138 Å². The maximum atomic E-state index is 5.17. The van der Waals surface area contributed by atoms with E-state index < -0.39 is 0 Å². The van der Waals surface area contributed by atoms with Crippen LogP contribution >= 0.6 is 22.6 Å². The van der Waals surface area contributed by atoms with Gasteiger partial charge in [-0.25, -0.2) is 15.0 Å².